The molecule has 0 bridgehead atoms. The van der Waals surface area contributed by atoms with Gasteiger partial charge in [-0.15, -0.1) is 0 Å². The summed E-state index contributed by atoms with van der Waals surface area (Å²) in [7, 11) is 0. The maximum Gasteiger partial charge on any atom is 0.326 e. The minimum Gasteiger partial charge on any atom is -0.459 e. The van der Waals surface area contributed by atoms with Crippen LogP contribution in [0.15, 0.2) is 30.3 Å². The monoisotopic (exact) mass is 318 g/mol. The molecule has 0 aliphatic carbocycles. The topological polar surface area (TPSA) is 72.6 Å². The van der Waals surface area contributed by atoms with Crippen LogP contribution in [0.25, 0.3) is 0 Å². The Hall–Kier alpha value is -1.88. The van der Waals surface area contributed by atoms with Gasteiger partial charge in [-0.2, -0.15) is 0 Å². The first-order valence-corrected chi connectivity index (χ1v) is 8.11. The number of amides is 1. The molecule has 1 aliphatic rings. The molecule has 2 rings (SSSR count). The molecule has 0 radical (unpaired) electrons. The van der Waals surface area contributed by atoms with Gasteiger partial charge in [-0.05, 0) is 45.6 Å². The zero-order valence-electron chi connectivity index (χ0n) is 14.1. The van der Waals surface area contributed by atoms with Crippen LogP contribution in [-0.2, 0) is 14.3 Å². The number of ether oxygens (including phenoxy) is 1. The standard InChI is InChI=1S/C18H26N2O3/c1-18(2,3)23-16(21)12-20-15(13-8-5-4-6-9-13)11-7-10-14(19)17(20)22/h4-6,8-9,14-15H,7,10-12,19H2,1-3H3/t14-,15-/m1/s1. The van der Waals surface area contributed by atoms with Crippen LogP contribution in [0.2, 0.25) is 0 Å². The zero-order valence-corrected chi connectivity index (χ0v) is 14.1. The Labute approximate surface area is 137 Å². The lowest BCUT2D eigenvalue weighted by molar-refractivity contribution is -0.160. The average molecular weight is 318 g/mol. The summed E-state index contributed by atoms with van der Waals surface area (Å²) < 4.78 is 5.38. The molecule has 1 aromatic rings. The van der Waals surface area contributed by atoms with Crippen molar-refractivity contribution in [2.24, 2.45) is 5.73 Å². The molecule has 0 unspecified atom stereocenters. The Kier molecular flexibility index (Phi) is 5.42. The molecule has 23 heavy (non-hydrogen) atoms. The highest BCUT2D eigenvalue weighted by Gasteiger charge is 2.34. The molecule has 5 nitrogen and oxygen atoms in total. The Morgan fingerprint density at radius 1 is 1.26 bits per heavy atom. The summed E-state index contributed by atoms with van der Waals surface area (Å²) >= 11 is 0. The number of carbonyl (C=O) groups excluding carboxylic acids is 2. The Bertz CT molecular complexity index is 551. The molecule has 5 heteroatoms. The maximum absolute atomic E-state index is 12.6. The van der Waals surface area contributed by atoms with E-state index in [4.69, 9.17) is 10.5 Å². The molecule has 0 aromatic heterocycles. The molecular formula is C18H26N2O3. The van der Waals surface area contributed by atoms with Crippen molar-refractivity contribution in [3.63, 3.8) is 0 Å². The lowest BCUT2D eigenvalue weighted by Crippen LogP contribution is -2.46. The van der Waals surface area contributed by atoms with E-state index in [0.717, 1.165) is 18.4 Å². The van der Waals surface area contributed by atoms with Crippen LogP contribution in [0.4, 0.5) is 0 Å². The van der Waals surface area contributed by atoms with Crippen LogP contribution >= 0.6 is 0 Å². The highest BCUT2D eigenvalue weighted by Crippen LogP contribution is 2.30. The fourth-order valence-electron chi connectivity index (χ4n) is 2.90. The van der Waals surface area contributed by atoms with E-state index in [1.807, 2.05) is 51.1 Å². The maximum atomic E-state index is 12.6. The second-order valence-electron chi connectivity index (χ2n) is 7.02. The number of rotatable bonds is 3. The number of benzene rings is 1. The zero-order chi connectivity index (χ0) is 17.0. The van der Waals surface area contributed by atoms with Crippen molar-refractivity contribution in [3.8, 4) is 0 Å². The first-order valence-electron chi connectivity index (χ1n) is 8.11. The molecule has 1 aliphatic heterocycles. The number of nitrogens with zero attached hydrogens (tertiary/aromatic N) is 1. The second-order valence-corrected chi connectivity index (χ2v) is 7.02. The van der Waals surface area contributed by atoms with Crippen LogP contribution < -0.4 is 5.73 Å². The molecule has 0 spiro atoms. The number of carbonyl (C=O) groups is 2. The molecule has 1 saturated heterocycles. The predicted molar refractivity (Wildman–Crippen MR) is 88.6 cm³/mol. The summed E-state index contributed by atoms with van der Waals surface area (Å²) in [6, 6.07) is 9.10. The minimum atomic E-state index is -0.573. The van der Waals surface area contributed by atoms with Gasteiger partial charge in [0.1, 0.15) is 12.1 Å². The highest BCUT2D eigenvalue weighted by atomic mass is 16.6. The summed E-state index contributed by atoms with van der Waals surface area (Å²) in [4.78, 5) is 26.4. The number of hydrogen-bond donors (Lipinski definition) is 1. The van der Waals surface area contributed by atoms with Gasteiger partial charge in [-0.1, -0.05) is 30.3 Å². The normalized spacial score (nSPS) is 22.6. The summed E-state index contributed by atoms with van der Waals surface area (Å²) in [6.45, 7) is 5.38. The predicted octanol–water partition coefficient (Wildman–Crippen LogP) is 2.41. The number of hydrogen-bond acceptors (Lipinski definition) is 4. The average Bonchev–Trinajstić information content (AvgIpc) is 2.60. The summed E-state index contributed by atoms with van der Waals surface area (Å²) in [5.41, 5.74) is 6.42. The first kappa shape index (κ1) is 17.5. The minimum absolute atomic E-state index is 0.0661. The van der Waals surface area contributed by atoms with E-state index in [2.05, 4.69) is 0 Å². The second kappa shape index (κ2) is 7.13. The van der Waals surface area contributed by atoms with Gasteiger partial charge >= 0.3 is 5.97 Å². The number of likely N-dealkylation sites (tertiary alicyclic amines) is 1. The Morgan fingerprint density at radius 3 is 2.52 bits per heavy atom. The van der Waals surface area contributed by atoms with Gasteiger partial charge in [0.15, 0.2) is 0 Å². The van der Waals surface area contributed by atoms with Crippen molar-refractivity contribution in [1.29, 1.82) is 0 Å². The molecule has 1 fully saturated rings. The van der Waals surface area contributed by atoms with E-state index in [1.54, 1.807) is 4.90 Å². The third kappa shape index (κ3) is 4.79. The quantitative estimate of drug-likeness (QED) is 0.869. The van der Waals surface area contributed by atoms with E-state index in [1.165, 1.54) is 0 Å². The number of esters is 1. The molecule has 1 heterocycles. The van der Waals surface area contributed by atoms with Crippen molar-refractivity contribution in [1.82, 2.24) is 4.90 Å². The van der Waals surface area contributed by atoms with Crippen LogP contribution in [0, 0.1) is 0 Å². The van der Waals surface area contributed by atoms with E-state index >= 15 is 0 Å². The van der Waals surface area contributed by atoms with Crippen molar-refractivity contribution in [3.05, 3.63) is 35.9 Å². The lowest BCUT2D eigenvalue weighted by Gasteiger charge is -2.32. The van der Waals surface area contributed by atoms with Crippen molar-refractivity contribution in [2.45, 2.75) is 57.7 Å². The van der Waals surface area contributed by atoms with Crippen molar-refractivity contribution >= 4 is 11.9 Å². The van der Waals surface area contributed by atoms with Crippen LogP contribution in [0.5, 0.6) is 0 Å². The Balaban J connectivity index is 2.24. The van der Waals surface area contributed by atoms with E-state index < -0.39 is 17.6 Å². The van der Waals surface area contributed by atoms with Gasteiger partial charge in [0.25, 0.3) is 0 Å². The largest absolute Gasteiger partial charge is 0.459 e. The summed E-state index contributed by atoms with van der Waals surface area (Å²) in [5.74, 6) is -0.580. The fraction of sp³-hybridized carbons (Fsp3) is 0.556. The van der Waals surface area contributed by atoms with Crippen LogP contribution in [0.3, 0.4) is 0 Å². The van der Waals surface area contributed by atoms with E-state index in [-0.39, 0.29) is 18.5 Å². The van der Waals surface area contributed by atoms with Crippen LogP contribution in [0.1, 0.15) is 51.6 Å². The first-order chi connectivity index (χ1) is 10.8. The third-order valence-electron chi connectivity index (χ3n) is 3.87. The molecular weight excluding hydrogens is 292 g/mol. The van der Waals surface area contributed by atoms with Gasteiger partial charge in [0, 0.05) is 0 Å². The van der Waals surface area contributed by atoms with Gasteiger partial charge in [0.2, 0.25) is 5.91 Å². The van der Waals surface area contributed by atoms with Gasteiger partial charge in [-0.3, -0.25) is 9.59 Å². The van der Waals surface area contributed by atoms with Crippen LogP contribution in [-0.4, -0.2) is 35.0 Å². The lowest BCUT2D eigenvalue weighted by atomic mass is 10.0. The third-order valence-corrected chi connectivity index (χ3v) is 3.87. The summed E-state index contributed by atoms with van der Waals surface area (Å²) in [5, 5.41) is 0. The van der Waals surface area contributed by atoms with Gasteiger partial charge in [0.05, 0.1) is 12.1 Å². The SMILES string of the molecule is CC(C)(C)OC(=O)CN1C(=O)[C@H](N)CCC[C@@H]1c1ccccc1. The molecule has 2 N–H and O–H groups in total. The van der Waals surface area contributed by atoms with Crippen molar-refractivity contribution < 1.29 is 14.3 Å². The number of nitrogens with two attached hydrogens (primary N) is 1. The van der Waals surface area contributed by atoms with E-state index in [0.29, 0.717) is 6.42 Å². The van der Waals surface area contributed by atoms with Gasteiger partial charge in [-0.25, -0.2) is 0 Å². The molecule has 2 atom stereocenters. The van der Waals surface area contributed by atoms with E-state index in [9.17, 15) is 9.59 Å². The highest BCUT2D eigenvalue weighted by molar-refractivity contribution is 5.86. The molecule has 1 aromatic carbocycles. The molecule has 0 saturated carbocycles. The summed E-state index contributed by atoms with van der Waals surface area (Å²) in [6.07, 6.45) is 2.30. The van der Waals surface area contributed by atoms with Crippen molar-refractivity contribution in [2.75, 3.05) is 6.54 Å². The Morgan fingerprint density at radius 2 is 1.91 bits per heavy atom. The smallest absolute Gasteiger partial charge is 0.326 e. The fourth-order valence-corrected chi connectivity index (χ4v) is 2.90. The molecule has 126 valence electrons. The molecule has 1 amide bonds. The van der Waals surface area contributed by atoms with Gasteiger partial charge < -0.3 is 15.4 Å².